The summed E-state index contributed by atoms with van der Waals surface area (Å²) in [6, 6.07) is 0.563. The lowest BCUT2D eigenvalue weighted by molar-refractivity contribution is -0.116. The minimum Gasteiger partial charge on any atom is -0.353 e. The molecule has 0 atom stereocenters. The predicted octanol–water partition coefficient (Wildman–Crippen LogP) is 3.13. The Bertz CT molecular complexity index is 528. The Morgan fingerprint density at radius 2 is 2.09 bits per heavy atom. The molecule has 1 fully saturated rings. The fraction of sp³-hybridized carbons (Fsp3) is 0.688. The summed E-state index contributed by atoms with van der Waals surface area (Å²) >= 11 is 1.67. The van der Waals surface area contributed by atoms with Crippen molar-refractivity contribution in [1.82, 2.24) is 20.1 Å². The van der Waals surface area contributed by atoms with Gasteiger partial charge in [-0.15, -0.1) is 10.2 Å². The second-order valence-corrected chi connectivity index (χ2v) is 6.80. The molecule has 122 valence electrons. The zero-order chi connectivity index (χ0) is 15.9. The van der Waals surface area contributed by atoms with E-state index < -0.39 is 0 Å². The highest BCUT2D eigenvalue weighted by atomic mass is 32.2. The molecular formula is C16H26N4OS. The van der Waals surface area contributed by atoms with E-state index in [-0.39, 0.29) is 5.91 Å². The molecule has 22 heavy (non-hydrogen) atoms. The largest absolute Gasteiger partial charge is 0.353 e. The van der Waals surface area contributed by atoms with Crippen LogP contribution in [0.4, 0.5) is 0 Å². The summed E-state index contributed by atoms with van der Waals surface area (Å²) in [6.07, 6.45) is 10.5. The van der Waals surface area contributed by atoms with Crippen LogP contribution < -0.4 is 5.32 Å². The van der Waals surface area contributed by atoms with Gasteiger partial charge in [-0.05, 0) is 39.4 Å². The standard InChI is InChI=1S/C16H26N4OS/c1-12(2)11-15(21)17-10-6-9-14-18-19-16(22-3)20(14)13-7-4-5-8-13/h11,13H,4-10H2,1-3H3,(H,17,21). The summed E-state index contributed by atoms with van der Waals surface area (Å²) in [7, 11) is 0. The monoisotopic (exact) mass is 322 g/mol. The van der Waals surface area contributed by atoms with Crippen molar-refractivity contribution in [2.45, 2.75) is 63.6 Å². The quantitative estimate of drug-likeness (QED) is 0.476. The van der Waals surface area contributed by atoms with E-state index >= 15 is 0 Å². The van der Waals surface area contributed by atoms with E-state index in [1.807, 2.05) is 13.8 Å². The van der Waals surface area contributed by atoms with Gasteiger partial charge in [-0.2, -0.15) is 0 Å². The van der Waals surface area contributed by atoms with Gasteiger partial charge in [0.2, 0.25) is 5.91 Å². The van der Waals surface area contributed by atoms with Gasteiger partial charge in [0.15, 0.2) is 5.16 Å². The summed E-state index contributed by atoms with van der Waals surface area (Å²) < 4.78 is 2.33. The average molecular weight is 322 g/mol. The van der Waals surface area contributed by atoms with E-state index in [0.717, 1.165) is 29.4 Å². The first-order chi connectivity index (χ1) is 10.6. The Morgan fingerprint density at radius 1 is 1.36 bits per heavy atom. The van der Waals surface area contributed by atoms with Crippen molar-refractivity contribution in [2.24, 2.45) is 0 Å². The zero-order valence-corrected chi connectivity index (χ0v) is 14.6. The smallest absolute Gasteiger partial charge is 0.243 e. The molecule has 1 heterocycles. The molecule has 1 aromatic rings. The van der Waals surface area contributed by atoms with Crippen LogP contribution in [0, 0.1) is 0 Å². The molecule has 0 spiro atoms. The Balaban J connectivity index is 1.89. The number of nitrogens with one attached hydrogen (secondary N) is 1. The molecule has 5 nitrogen and oxygen atoms in total. The van der Waals surface area contributed by atoms with Crippen molar-refractivity contribution in [3.8, 4) is 0 Å². The van der Waals surface area contributed by atoms with Gasteiger partial charge in [-0.25, -0.2) is 0 Å². The van der Waals surface area contributed by atoms with E-state index in [0.29, 0.717) is 12.6 Å². The van der Waals surface area contributed by atoms with Gasteiger partial charge in [0.05, 0.1) is 0 Å². The number of rotatable bonds is 7. The van der Waals surface area contributed by atoms with Gasteiger partial charge >= 0.3 is 0 Å². The predicted molar refractivity (Wildman–Crippen MR) is 90.1 cm³/mol. The number of carbonyl (C=O) groups excluding carboxylic acids is 1. The number of aryl methyl sites for hydroxylation is 1. The molecule has 6 heteroatoms. The summed E-state index contributed by atoms with van der Waals surface area (Å²) in [6.45, 7) is 4.52. The van der Waals surface area contributed by atoms with Crippen molar-refractivity contribution in [3.63, 3.8) is 0 Å². The number of allylic oxidation sites excluding steroid dienone is 1. The summed E-state index contributed by atoms with van der Waals surface area (Å²) in [5.74, 6) is 1.05. The van der Waals surface area contributed by atoms with Gasteiger partial charge < -0.3 is 9.88 Å². The third-order valence-electron chi connectivity index (χ3n) is 3.90. The molecule has 0 aromatic carbocycles. The summed E-state index contributed by atoms with van der Waals surface area (Å²) in [5, 5.41) is 12.6. The van der Waals surface area contributed by atoms with Crippen LogP contribution in [0.5, 0.6) is 0 Å². The van der Waals surface area contributed by atoms with Crippen LogP contribution in [0.1, 0.15) is 57.8 Å². The van der Waals surface area contributed by atoms with Gasteiger partial charge in [0, 0.05) is 25.1 Å². The minimum atomic E-state index is -0.0120. The van der Waals surface area contributed by atoms with Crippen LogP contribution in [-0.4, -0.2) is 33.5 Å². The number of hydrogen-bond acceptors (Lipinski definition) is 4. The van der Waals surface area contributed by atoms with E-state index in [1.54, 1.807) is 17.8 Å². The van der Waals surface area contributed by atoms with E-state index in [2.05, 4.69) is 26.3 Å². The second-order valence-electron chi connectivity index (χ2n) is 6.03. The molecule has 0 aliphatic heterocycles. The Hall–Kier alpha value is -1.30. The van der Waals surface area contributed by atoms with Crippen molar-refractivity contribution >= 4 is 17.7 Å². The lowest BCUT2D eigenvalue weighted by atomic mass is 10.2. The fourth-order valence-electron chi connectivity index (χ4n) is 2.92. The highest BCUT2D eigenvalue weighted by Crippen LogP contribution is 2.33. The van der Waals surface area contributed by atoms with Gasteiger partial charge in [-0.3, -0.25) is 4.79 Å². The maximum Gasteiger partial charge on any atom is 0.243 e. The number of amides is 1. The molecule has 1 saturated carbocycles. The van der Waals surface area contributed by atoms with E-state index in [1.165, 1.54) is 25.7 Å². The summed E-state index contributed by atoms with van der Waals surface area (Å²) in [4.78, 5) is 11.6. The first-order valence-corrected chi connectivity index (χ1v) is 9.24. The summed E-state index contributed by atoms with van der Waals surface area (Å²) in [5.41, 5.74) is 1.02. The average Bonchev–Trinajstić information content (AvgIpc) is 3.11. The van der Waals surface area contributed by atoms with Crippen molar-refractivity contribution in [2.75, 3.05) is 12.8 Å². The lowest BCUT2D eigenvalue weighted by Gasteiger charge is -2.16. The number of carbonyl (C=O) groups is 1. The molecule has 1 aromatic heterocycles. The Kier molecular flexibility index (Phi) is 6.49. The molecular weight excluding hydrogens is 296 g/mol. The fourth-order valence-corrected chi connectivity index (χ4v) is 3.49. The van der Waals surface area contributed by atoms with Gasteiger partial charge in [0.25, 0.3) is 0 Å². The number of hydrogen-bond donors (Lipinski definition) is 1. The van der Waals surface area contributed by atoms with E-state index in [9.17, 15) is 4.79 Å². The van der Waals surface area contributed by atoms with Crippen LogP contribution in [0.25, 0.3) is 0 Å². The van der Waals surface area contributed by atoms with Crippen molar-refractivity contribution in [1.29, 1.82) is 0 Å². The Labute approximate surface area is 137 Å². The van der Waals surface area contributed by atoms with Gasteiger partial charge in [0.1, 0.15) is 5.82 Å². The normalized spacial score (nSPS) is 15.0. The topological polar surface area (TPSA) is 59.8 Å². The maximum absolute atomic E-state index is 11.6. The van der Waals surface area contributed by atoms with Crippen LogP contribution in [0.15, 0.2) is 16.8 Å². The maximum atomic E-state index is 11.6. The highest BCUT2D eigenvalue weighted by Gasteiger charge is 2.23. The van der Waals surface area contributed by atoms with Crippen LogP contribution in [0.3, 0.4) is 0 Å². The molecule has 1 aliphatic rings. The first kappa shape index (κ1) is 17.1. The highest BCUT2D eigenvalue weighted by molar-refractivity contribution is 7.98. The van der Waals surface area contributed by atoms with E-state index in [4.69, 9.17) is 0 Å². The van der Waals surface area contributed by atoms with Crippen molar-refractivity contribution < 1.29 is 4.79 Å². The first-order valence-electron chi connectivity index (χ1n) is 8.02. The molecule has 1 aliphatic carbocycles. The number of thioether (sulfide) groups is 1. The third kappa shape index (κ3) is 4.60. The van der Waals surface area contributed by atoms with Crippen molar-refractivity contribution in [3.05, 3.63) is 17.5 Å². The van der Waals surface area contributed by atoms with Crippen LogP contribution in [0.2, 0.25) is 0 Å². The Morgan fingerprint density at radius 3 is 2.73 bits per heavy atom. The molecule has 2 rings (SSSR count). The lowest BCUT2D eigenvalue weighted by Crippen LogP contribution is -2.23. The molecule has 0 bridgehead atoms. The number of nitrogens with zero attached hydrogens (tertiary/aromatic N) is 3. The second kappa shape index (κ2) is 8.36. The third-order valence-corrected chi connectivity index (χ3v) is 4.55. The SMILES string of the molecule is CSc1nnc(CCCNC(=O)C=C(C)C)n1C1CCCC1. The minimum absolute atomic E-state index is 0.0120. The van der Waals surface area contributed by atoms with Gasteiger partial charge in [-0.1, -0.05) is 30.2 Å². The molecule has 0 radical (unpaired) electrons. The van der Waals surface area contributed by atoms with Crippen LogP contribution >= 0.6 is 11.8 Å². The molecule has 0 saturated heterocycles. The molecule has 1 amide bonds. The molecule has 1 N–H and O–H groups in total. The zero-order valence-electron chi connectivity index (χ0n) is 13.8. The molecule has 0 unspecified atom stereocenters. The van der Waals surface area contributed by atoms with Crippen LogP contribution in [-0.2, 0) is 11.2 Å². The number of aromatic nitrogens is 3.